The van der Waals surface area contributed by atoms with E-state index in [1.54, 1.807) is 0 Å². The molecule has 116 valence electrons. The quantitative estimate of drug-likeness (QED) is 0.848. The summed E-state index contributed by atoms with van der Waals surface area (Å²) >= 11 is 0. The van der Waals surface area contributed by atoms with Crippen molar-refractivity contribution >= 4 is 5.91 Å². The van der Waals surface area contributed by atoms with Gasteiger partial charge in [-0.1, -0.05) is 25.1 Å². The minimum absolute atomic E-state index is 0.0378. The summed E-state index contributed by atoms with van der Waals surface area (Å²) in [4.78, 5) is 14.3. The lowest BCUT2D eigenvalue weighted by Crippen LogP contribution is -2.49. The molecule has 0 bridgehead atoms. The number of amides is 1. The van der Waals surface area contributed by atoms with Crippen LogP contribution in [0.5, 0.6) is 5.75 Å². The molecular formula is C16H25N3O2. The SMILES string of the molecule is CC1CN(C)CCC1NC(=O)COc1ccccc1CN. The van der Waals surface area contributed by atoms with Crippen molar-refractivity contribution in [3.8, 4) is 5.75 Å². The normalized spacial score (nSPS) is 22.8. The number of carbonyl (C=O) groups is 1. The van der Waals surface area contributed by atoms with E-state index in [1.165, 1.54) is 0 Å². The summed E-state index contributed by atoms with van der Waals surface area (Å²) in [6.07, 6.45) is 0.989. The Bertz CT molecular complexity index is 478. The van der Waals surface area contributed by atoms with Crippen molar-refractivity contribution in [3.05, 3.63) is 29.8 Å². The van der Waals surface area contributed by atoms with Crippen LogP contribution in [0.2, 0.25) is 0 Å². The Hall–Kier alpha value is -1.59. The second kappa shape index (κ2) is 7.43. The van der Waals surface area contributed by atoms with Crippen molar-refractivity contribution in [3.63, 3.8) is 0 Å². The third-order valence-corrected chi connectivity index (χ3v) is 4.01. The van der Waals surface area contributed by atoms with E-state index < -0.39 is 0 Å². The minimum atomic E-state index is -0.0665. The fourth-order valence-corrected chi connectivity index (χ4v) is 2.77. The lowest BCUT2D eigenvalue weighted by atomic mass is 9.94. The number of piperidine rings is 1. The van der Waals surface area contributed by atoms with Gasteiger partial charge in [0.2, 0.25) is 0 Å². The molecule has 2 unspecified atom stereocenters. The first-order valence-corrected chi connectivity index (χ1v) is 7.49. The van der Waals surface area contributed by atoms with Crippen molar-refractivity contribution in [1.82, 2.24) is 10.2 Å². The summed E-state index contributed by atoms with van der Waals surface area (Å²) in [7, 11) is 2.11. The summed E-state index contributed by atoms with van der Waals surface area (Å²) < 4.78 is 5.59. The highest BCUT2D eigenvalue weighted by molar-refractivity contribution is 5.77. The zero-order chi connectivity index (χ0) is 15.2. The molecule has 0 aromatic heterocycles. The number of hydrogen-bond acceptors (Lipinski definition) is 4. The predicted molar refractivity (Wildman–Crippen MR) is 83.0 cm³/mol. The monoisotopic (exact) mass is 291 g/mol. The Morgan fingerprint density at radius 1 is 1.48 bits per heavy atom. The van der Waals surface area contributed by atoms with Gasteiger partial charge in [0.05, 0.1) is 0 Å². The van der Waals surface area contributed by atoms with E-state index in [2.05, 4.69) is 24.2 Å². The largest absolute Gasteiger partial charge is 0.483 e. The van der Waals surface area contributed by atoms with E-state index in [-0.39, 0.29) is 18.6 Å². The molecule has 1 amide bonds. The Morgan fingerprint density at radius 2 is 2.24 bits per heavy atom. The van der Waals surface area contributed by atoms with Crippen LogP contribution in [0.15, 0.2) is 24.3 Å². The molecule has 3 N–H and O–H groups in total. The van der Waals surface area contributed by atoms with E-state index in [4.69, 9.17) is 10.5 Å². The minimum Gasteiger partial charge on any atom is -0.483 e. The van der Waals surface area contributed by atoms with Crippen molar-refractivity contribution < 1.29 is 9.53 Å². The molecule has 2 atom stereocenters. The number of nitrogens with zero attached hydrogens (tertiary/aromatic N) is 1. The Labute approximate surface area is 126 Å². The second-order valence-electron chi connectivity index (χ2n) is 5.80. The lowest BCUT2D eigenvalue weighted by Gasteiger charge is -2.35. The summed E-state index contributed by atoms with van der Waals surface area (Å²) in [5, 5.41) is 3.08. The number of hydrogen-bond donors (Lipinski definition) is 2. The van der Waals surface area contributed by atoms with E-state index >= 15 is 0 Å². The maximum atomic E-state index is 12.0. The number of para-hydroxylation sites is 1. The van der Waals surface area contributed by atoms with Crippen LogP contribution in [0.4, 0.5) is 0 Å². The van der Waals surface area contributed by atoms with Gasteiger partial charge in [-0.15, -0.1) is 0 Å². The molecule has 1 aromatic rings. The Balaban J connectivity index is 1.82. The molecule has 5 heteroatoms. The maximum Gasteiger partial charge on any atom is 0.258 e. The zero-order valence-electron chi connectivity index (χ0n) is 12.8. The van der Waals surface area contributed by atoms with Crippen molar-refractivity contribution in [2.45, 2.75) is 25.9 Å². The van der Waals surface area contributed by atoms with Crippen molar-refractivity contribution in [2.75, 3.05) is 26.7 Å². The number of carbonyl (C=O) groups excluding carboxylic acids is 1. The number of nitrogens with two attached hydrogens (primary N) is 1. The topological polar surface area (TPSA) is 67.6 Å². The third kappa shape index (κ3) is 4.44. The molecule has 5 nitrogen and oxygen atoms in total. The number of ether oxygens (including phenoxy) is 1. The van der Waals surface area contributed by atoms with Gasteiger partial charge in [0.1, 0.15) is 5.75 Å². The van der Waals surface area contributed by atoms with Crippen molar-refractivity contribution in [1.29, 1.82) is 0 Å². The summed E-state index contributed by atoms with van der Waals surface area (Å²) in [5.74, 6) is 1.08. The molecule has 1 heterocycles. The molecule has 0 saturated carbocycles. The molecule has 1 aliphatic heterocycles. The fourth-order valence-electron chi connectivity index (χ4n) is 2.77. The van der Waals surface area contributed by atoms with Gasteiger partial charge >= 0.3 is 0 Å². The van der Waals surface area contributed by atoms with Gasteiger partial charge in [0.15, 0.2) is 6.61 Å². The van der Waals surface area contributed by atoms with Crippen LogP contribution in [0.25, 0.3) is 0 Å². The molecule has 1 saturated heterocycles. The molecule has 0 spiro atoms. The van der Waals surface area contributed by atoms with E-state index in [0.29, 0.717) is 18.2 Å². The van der Waals surface area contributed by atoms with Crippen LogP contribution >= 0.6 is 0 Å². The number of rotatable bonds is 5. The van der Waals surface area contributed by atoms with Gasteiger partial charge in [-0.05, 0) is 32.0 Å². The predicted octanol–water partition coefficient (Wildman–Crippen LogP) is 0.980. The van der Waals surface area contributed by atoms with Crippen LogP contribution in [0.1, 0.15) is 18.9 Å². The maximum absolute atomic E-state index is 12.0. The highest BCUT2D eigenvalue weighted by atomic mass is 16.5. The average Bonchev–Trinajstić information content (AvgIpc) is 2.48. The third-order valence-electron chi connectivity index (χ3n) is 4.01. The molecular weight excluding hydrogens is 266 g/mol. The second-order valence-corrected chi connectivity index (χ2v) is 5.80. The molecule has 1 fully saturated rings. The first-order valence-electron chi connectivity index (χ1n) is 7.49. The average molecular weight is 291 g/mol. The van der Waals surface area contributed by atoms with Gasteiger partial charge in [-0.2, -0.15) is 0 Å². The highest BCUT2D eigenvalue weighted by Crippen LogP contribution is 2.17. The highest BCUT2D eigenvalue weighted by Gasteiger charge is 2.25. The molecule has 1 aromatic carbocycles. The van der Waals surface area contributed by atoms with E-state index in [0.717, 1.165) is 25.1 Å². The smallest absolute Gasteiger partial charge is 0.258 e. The fraction of sp³-hybridized carbons (Fsp3) is 0.562. The summed E-state index contributed by atoms with van der Waals surface area (Å²) in [6, 6.07) is 7.78. The van der Waals surface area contributed by atoms with Gasteiger partial charge in [-0.25, -0.2) is 0 Å². The van der Waals surface area contributed by atoms with Crippen molar-refractivity contribution in [2.24, 2.45) is 11.7 Å². The van der Waals surface area contributed by atoms with Gasteiger partial charge < -0.3 is 20.7 Å². The van der Waals surface area contributed by atoms with E-state index in [1.807, 2.05) is 24.3 Å². The van der Waals surface area contributed by atoms with Crippen LogP contribution in [-0.2, 0) is 11.3 Å². The molecule has 0 radical (unpaired) electrons. The molecule has 0 aliphatic carbocycles. The van der Waals surface area contributed by atoms with Crippen LogP contribution in [0, 0.1) is 5.92 Å². The first-order chi connectivity index (χ1) is 10.1. The lowest BCUT2D eigenvalue weighted by molar-refractivity contribution is -0.124. The molecule has 1 aliphatic rings. The molecule has 2 rings (SSSR count). The zero-order valence-corrected chi connectivity index (χ0v) is 12.8. The number of nitrogens with one attached hydrogen (secondary N) is 1. The van der Waals surface area contributed by atoms with Gasteiger partial charge in [0, 0.05) is 24.7 Å². The van der Waals surface area contributed by atoms with Crippen LogP contribution < -0.4 is 15.8 Å². The summed E-state index contributed by atoms with van der Waals surface area (Å²) in [6.45, 7) is 4.65. The van der Waals surface area contributed by atoms with Gasteiger partial charge in [-0.3, -0.25) is 4.79 Å². The van der Waals surface area contributed by atoms with Crippen LogP contribution in [0.3, 0.4) is 0 Å². The Morgan fingerprint density at radius 3 is 2.95 bits per heavy atom. The summed E-state index contributed by atoms with van der Waals surface area (Å²) in [5.41, 5.74) is 6.57. The van der Waals surface area contributed by atoms with E-state index in [9.17, 15) is 4.79 Å². The van der Waals surface area contributed by atoms with Crippen LogP contribution in [-0.4, -0.2) is 43.6 Å². The van der Waals surface area contributed by atoms with Gasteiger partial charge in [0.25, 0.3) is 5.91 Å². The Kier molecular flexibility index (Phi) is 5.59. The number of likely N-dealkylation sites (tertiary alicyclic amines) is 1. The first kappa shape index (κ1) is 15.8. The molecule has 21 heavy (non-hydrogen) atoms. The standard InChI is InChI=1S/C16H25N3O2/c1-12-10-19(2)8-7-14(12)18-16(20)11-21-15-6-4-3-5-13(15)9-17/h3-6,12,14H,7-11,17H2,1-2H3,(H,18,20). The number of benzene rings is 1.